The van der Waals surface area contributed by atoms with E-state index in [0.717, 1.165) is 23.2 Å². The number of nitrogens with two attached hydrogens (primary N) is 1. The Morgan fingerprint density at radius 3 is 2.60 bits per heavy atom. The molecule has 0 spiro atoms. The molecule has 0 aliphatic heterocycles. The quantitative estimate of drug-likeness (QED) is 0.881. The van der Waals surface area contributed by atoms with Gasteiger partial charge in [0, 0.05) is 16.7 Å². The standard InChI is InChI=1S/C12H17BrN2/c13-10-4-1-2-5-11(10)15-9-12(8-14)6-3-7-12/h1-2,4-5,15H,3,6-9,14H2. The molecule has 0 bridgehead atoms. The average molecular weight is 269 g/mol. The van der Waals surface area contributed by atoms with Crippen molar-refractivity contribution in [3.8, 4) is 0 Å². The minimum atomic E-state index is 0.356. The Labute approximate surface area is 99.4 Å². The van der Waals surface area contributed by atoms with Gasteiger partial charge in [-0.15, -0.1) is 0 Å². The first-order chi connectivity index (χ1) is 7.26. The zero-order chi connectivity index (χ0) is 10.7. The Balaban J connectivity index is 1.95. The first kappa shape index (κ1) is 11.0. The Bertz CT molecular complexity index is 329. The van der Waals surface area contributed by atoms with Gasteiger partial charge >= 0.3 is 0 Å². The number of para-hydroxylation sites is 1. The first-order valence-corrected chi connectivity index (χ1v) is 6.24. The molecule has 1 fully saturated rings. The van der Waals surface area contributed by atoms with Crippen LogP contribution in [0.3, 0.4) is 0 Å². The van der Waals surface area contributed by atoms with Gasteiger partial charge in [-0.3, -0.25) is 0 Å². The molecule has 1 saturated carbocycles. The van der Waals surface area contributed by atoms with Crippen molar-refractivity contribution in [3.05, 3.63) is 28.7 Å². The van der Waals surface area contributed by atoms with Gasteiger partial charge < -0.3 is 11.1 Å². The van der Waals surface area contributed by atoms with E-state index in [1.165, 1.54) is 19.3 Å². The van der Waals surface area contributed by atoms with E-state index in [0.29, 0.717) is 5.41 Å². The maximum Gasteiger partial charge on any atom is 0.0484 e. The van der Waals surface area contributed by atoms with Gasteiger partial charge in [-0.2, -0.15) is 0 Å². The molecule has 2 rings (SSSR count). The van der Waals surface area contributed by atoms with Gasteiger partial charge in [-0.25, -0.2) is 0 Å². The summed E-state index contributed by atoms with van der Waals surface area (Å²) >= 11 is 3.53. The highest BCUT2D eigenvalue weighted by atomic mass is 79.9. The van der Waals surface area contributed by atoms with Gasteiger partial charge in [0.1, 0.15) is 0 Å². The van der Waals surface area contributed by atoms with Crippen LogP contribution in [0.5, 0.6) is 0 Å². The number of rotatable bonds is 4. The monoisotopic (exact) mass is 268 g/mol. The van der Waals surface area contributed by atoms with Crippen LogP contribution in [0.15, 0.2) is 28.7 Å². The summed E-state index contributed by atoms with van der Waals surface area (Å²) in [4.78, 5) is 0. The lowest BCUT2D eigenvalue weighted by atomic mass is 9.69. The van der Waals surface area contributed by atoms with Crippen molar-refractivity contribution in [2.75, 3.05) is 18.4 Å². The van der Waals surface area contributed by atoms with Crippen LogP contribution in [0, 0.1) is 5.41 Å². The van der Waals surface area contributed by atoms with Crippen molar-refractivity contribution in [3.63, 3.8) is 0 Å². The van der Waals surface area contributed by atoms with Crippen LogP contribution in [0.4, 0.5) is 5.69 Å². The Morgan fingerprint density at radius 2 is 2.07 bits per heavy atom. The van der Waals surface area contributed by atoms with Crippen molar-refractivity contribution >= 4 is 21.6 Å². The number of nitrogens with one attached hydrogen (secondary N) is 1. The van der Waals surface area contributed by atoms with Gasteiger partial charge in [-0.05, 0) is 52.9 Å². The molecule has 0 saturated heterocycles. The minimum Gasteiger partial charge on any atom is -0.384 e. The topological polar surface area (TPSA) is 38.0 Å². The molecule has 0 amide bonds. The molecule has 1 aromatic carbocycles. The molecular weight excluding hydrogens is 252 g/mol. The van der Waals surface area contributed by atoms with E-state index in [9.17, 15) is 0 Å². The largest absolute Gasteiger partial charge is 0.384 e. The molecule has 0 unspecified atom stereocenters. The van der Waals surface area contributed by atoms with Crippen molar-refractivity contribution in [2.24, 2.45) is 11.1 Å². The SMILES string of the molecule is NCC1(CNc2ccccc2Br)CCC1. The summed E-state index contributed by atoms with van der Waals surface area (Å²) in [6, 6.07) is 8.21. The van der Waals surface area contributed by atoms with E-state index < -0.39 is 0 Å². The van der Waals surface area contributed by atoms with E-state index in [1.807, 2.05) is 12.1 Å². The summed E-state index contributed by atoms with van der Waals surface area (Å²) in [7, 11) is 0. The highest BCUT2D eigenvalue weighted by molar-refractivity contribution is 9.10. The predicted molar refractivity (Wildman–Crippen MR) is 68.0 cm³/mol. The van der Waals surface area contributed by atoms with Crippen molar-refractivity contribution < 1.29 is 0 Å². The summed E-state index contributed by atoms with van der Waals surface area (Å²) in [5.74, 6) is 0. The molecule has 82 valence electrons. The van der Waals surface area contributed by atoms with E-state index in [4.69, 9.17) is 5.73 Å². The lowest BCUT2D eigenvalue weighted by Crippen LogP contribution is -2.43. The van der Waals surface area contributed by atoms with Crippen LogP contribution in [0.25, 0.3) is 0 Å². The fourth-order valence-electron chi connectivity index (χ4n) is 2.02. The zero-order valence-corrected chi connectivity index (χ0v) is 10.4. The maximum absolute atomic E-state index is 5.82. The van der Waals surface area contributed by atoms with Gasteiger partial charge in [0.05, 0.1) is 0 Å². The number of benzene rings is 1. The zero-order valence-electron chi connectivity index (χ0n) is 8.80. The number of anilines is 1. The molecule has 1 aromatic rings. The molecule has 3 N–H and O–H groups in total. The normalized spacial score (nSPS) is 18.3. The van der Waals surface area contributed by atoms with Crippen LogP contribution in [-0.2, 0) is 0 Å². The van der Waals surface area contributed by atoms with E-state index in [1.54, 1.807) is 0 Å². The predicted octanol–water partition coefficient (Wildman–Crippen LogP) is 2.99. The van der Waals surface area contributed by atoms with Gasteiger partial charge in [0.2, 0.25) is 0 Å². The average Bonchev–Trinajstić information content (AvgIpc) is 2.19. The third-order valence-corrected chi connectivity index (χ3v) is 4.07. The van der Waals surface area contributed by atoms with Gasteiger partial charge in [0.15, 0.2) is 0 Å². The van der Waals surface area contributed by atoms with E-state index in [2.05, 4.69) is 33.4 Å². The Morgan fingerprint density at radius 1 is 1.33 bits per heavy atom. The second-order valence-corrected chi connectivity index (χ2v) is 5.25. The number of halogens is 1. The summed E-state index contributed by atoms with van der Waals surface area (Å²) in [5, 5.41) is 3.48. The lowest BCUT2D eigenvalue weighted by molar-refractivity contribution is 0.163. The minimum absolute atomic E-state index is 0.356. The summed E-state index contributed by atoms with van der Waals surface area (Å²) in [6.07, 6.45) is 3.86. The highest BCUT2D eigenvalue weighted by Gasteiger charge is 2.35. The number of hydrogen-bond donors (Lipinski definition) is 2. The van der Waals surface area contributed by atoms with Crippen molar-refractivity contribution in [1.82, 2.24) is 0 Å². The van der Waals surface area contributed by atoms with Crippen LogP contribution in [-0.4, -0.2) is 13.1 Å². The first-order valence-electron chi connectivity index (χ1n) is 5.44. The third-order valence-electron chi connectivity index (χ3n) is 3.37. The second kappa shape index (κ2) is 4.54. The summed E-state index contributed by atoms with van der Waals surface area (Å²) < 4.78 is 1.12. The Kier molecular flexibility index (Phi) is 3.32. The van der Waals surface area contributed by atoms with Crippen LogP contribution in [0.1, 0.15) is 19.3 Å². The maximum atomic E-state index is 5.82. The smallest absolute Gasteiger partial charge is 0.0484 e. The molecule has 0 atom stereocenters. The molecule has 0 aromatic heterocycles. The van der Waals surface area contributed by atoms with Crippen molar-refractivity contribution in [2.45, 2.75) is 19.3 Å². The highest BCUT2D eigenvalue weighted by Crippen LogP contribution is 2.40. The molecule has 1 aliphatic rings. The van der Waals surface area contributed by atoms with Gasteiger partial charge in [-0.1, -0.05) is 18.6 Å². The molecule has 1 aliphatic carbocycles. The summed E-state index contributed by atoms with van der Waals surface area (Å²) in [6.45, 7) is 1.79. The molecule has 0 radical (unpaired) electrons. The molecular formula is C12H17BrN2. The fourth-order valence-corrected chi connectivity index (χ4v) is 2.44. The molecule has 3 heteroatoms. The van der Waals surface area contributed by atoms with Gasteiger partial charge in [0.25, 0.3) is 0 Å². The Hall–Kier alpha value is -0.540. The van der Waals surface area contributed by atoms with Crippen LogP contribution >= 0.6 is 15.9 Å². The van der Waals surface area contributed by atoms with E-state index >= 15 is 0 Å². The fraction of sp³-hybridized carbons (Fsp3) is 0.500. The van der Waals surface area contributed by atoms with Crippen LogP contribution in [0.2, 0.25) is 0 Å². The summed E-state index contributed by atoms with van der Waals surface area (Å²) in [5.41, 5.74) is 7.34. The van der Waals surface area contributed by atoms with E-state index in [-0.39, 0.29) is 0 Å². The van der Waals surface area contributed by atoms with Crippen molar-refractivity contribution in [1.29, 1.82) is 0 Å². The second-order valence-electron chi connectivity index (χ2n) is 4.39. The molecule has 15 heavy (non-hydrogen) atoms. The third kappa shape index (κ3) is 2.34. The number of hydrogen-bond acceptors (Lipinski definition) is 2. The lowest BCUT2D eigenvalue weighted by Gasteiger charge is -2.41. The molecule has 2 nitrogen and oxygen atoms in total. The molecule has 0 heterocycles. The van der Waals surface area contributed by atoms with Crippen LogP contribution < -0.4 is 11.1 Å².